The third-order valence-electron chi connectivity index (χ3n) is 3.26. The summed E-state index contributed by atoms with van der Waals surface area (Å²) in [5, 5.41) is 14.2. The first kappa shape index (κ1) is 16.3. The number of benzene rings is 2. The minimum absolute atomic E-state index is 0.0792. The zero-order valence-corrected chi connectivity index (χ0v) is 12.9. The zero-order valence-electron chi connectivity index (χ0n) is 12.9. The zero-order chi connectivity index (χ0) is 16.8. The molecule has 0 heterocycles. The Kier molecular flexibility index (Phi) is 5.15. The summed E-state index contributed by atoms with van der Waals surface area (Å²) in [6.07, 6.45) is 0. The second-order valence-electron chi connectivity index (χ2n) is 5.17. The molecule has 2 amide bonds. The first-order valence-corrected chi connectivity index (χ1v) is 7.00. The van der Waals surface area contributed by atoms with Crippen LogP contribution in [0.1, 0.15) is 11.1 Å². The third kappa shape index (κ3) is 4.45. The second-order valence-corrected chi connectivity index (χ2v) is 5.17. The summed E-state index contributed by atoms with van der Waals surface area (Å²) in [4.78, 5) is 13.9. The van der Waals surface area contributed by atoms with Gasteiger partial charge in [0, 0.05) is 26.3 Å². The van der Waals surface area contributed by atoms with E-state index in [0.717, 1.165) is 17.3 Å². The van der Waals surface area contributed by atoms with Gasteiger partial charge in [-0.15, -0.1) is 0 Å². The lowest BCUT2D eigenvalue weighted by atomic mass is 10.2. The van der Waals surface area contributed by atoms with Gasteiger partial charge in [-0.05, 0) is 35.9 Å². The summed E-state index contributed by atoms with van der Waals surface area (Å²) in [6.45, 7) is 0.350. The number of anilines is 2. The highest BCUT2D eigenvalue weighted by Gasteiger charge is 2.07. The lowest BCUT2D eigenvalue weighted by molar-refractivity contribution is 0.251. The van der Waals surface area contributed by atoms with Gasteiger partial charge in [0.15, 0.2) is 0 Å². The van der Waals surface area contributed by atoms with Gasteiger partial charge in [-0.2, -0.15) is 5.26 Å². The lowest BCUT2D eigenvalue weighted by Crippen LogP contribution is -2.28. The van der Waals surface area contributed by atoms with Crippen LogP contribution in [0.5, 0.6) is 0 Å². The molecule has 2 aromatic carbocycles. The number of hydrogen-bond acceptors (Lipinski definition) is 3. The van der Waals surface area contributed by atoms with Crippen LogP contribution in [0.3, 0.4) is 0 Å². The highest BCUT2D eigenvalue weighted by molar-refractivity contribution is 5.90. The molecule has 2 aromatic rings. The van der Waals surface area contributed by atoms with E-state index in [4.69, 9.17) is 5.26 Å². The van der Waals surface area contributed by atoms with E-state index in [0.29, 0.717) is 6.54 Å². The second kappa shape index (κ2) is 7.27. The predicted octanol–water partition coefficient (Wildman–Crippen LogP) is 3.09. The number of rotatable bonds is 4. The molecule has 2 rings (SSSR count). The summed E-state index contributed by atoms with van der Waals surface area (Å²) in [5.41, 5.74) is 2.37. The number of amides is 2. The molecule has 0 aliphatic rings. The van der Waals surface area contributed by atoms with Crippen LogP contribution in [0.2, 0.25) is 0 Å². The number of nitrogens with one attached hydrogen (secondary N) is 2. The molecule has 0 fully saturated rings. The summed E-state index contributed by atoms with van der Waals surface area (Å²) in [6, 6.07) is 12.8. The van der Waals surface area contributed by atoms with Gasteiger partial charge in [-0.25, -0.2) is 9.18 Å². The van der Waals surface area contributed by atoms with Gasteiger partial charge in [0.2, 0.25) is 0 Å². The van der Waals surface area contributed by atoms with E-state index in [1.165, 1.54) is 12.1 Å². The van der Waals surface area contributed by atoms with Crippen molar-refractivity contribution in [1.29, 1.82) is 5.26 Å². The van der Waals surface area contributed by atoms with Crippen molar-refractivity contribution >= 4 is 17.4 Å². The number of nitriles is 1. The Labute approximate surface area is 134 Å². The third-order valence-corrected chi connectivity index (χ3v) is 3.26. The highest BCUT2D eigenvalue weighted by Crippen LogP contribution is 2.16. The van der Waals surface area contributed by atoms with Crippen molar-refractivity contribution in [2.45, 2.75) is 6.54 Å². The number of carbonyl (C=O) groups is 1. The molecule has 0 saturated carbocycles. The molecule has 0 unspecified atom stereocenters. The minimum Gasteiger partial charge on any atom is -0.378 e. The molecular formula is C17H17FN4O. The van der Waals surface area contributed by atoms with Gasteiger partial charge >= 0.3 is 6.03 Å². The van der Waals surface area contributed by atoms with Gasteiger partial charge in [0.25, 0.3) is 0 Å². The molecule has 0 aromatic heterocycles. The molecule has 0 aliphatic carbocycles. The van der Waals surface area contributed by atoms with E-state index in [-0.39, 0.29) is 11.3 Å². The predicted molar refractivity (Wildman–Crippen MR) is 87.7 cm³/mol. The number of nitrogens with zero attached hydrogens (tertiary/aromatic N) is 2. The molecule has 0 saturated heterocycles. The van der Waals surface area contributed by atoms with E-state index in [2.05, 4.69) is 10.6 Å². The van der Waals surface area contributed by atoms with Crippen LogP contribution in [0.25, 0.3) is 0 Å². The lowest BCUT2D eigenvalue weighted by Gasteiger charge is -2.13. The van der Waals surface area contributed by atoms with Crippen LogP contribution < -0.4 is 15.5 Å². The summed E-state index contributed by atoms with van der Waals surface area (Å²) in [5.74, 6) is -0.520. The maximum Gasteiger partial charge on any atom is 0.319 e. The molecule has 0 bridgehead atoms. The number of halogens is 1. The molecular weight excluding hydrogens is 295 g/mol. The van der Waals surface area contributed by atoms with Crippen LogP contribution >= 0.6 is 0 Å². The van der Waals surface area contributed by atoms with Crippen molar-refractivity contribution in [3.63, 3.8) is 0 Å². The minimum atomic E-state index is -0.520. The van der Waals surface area contributed by atoms with Crippen molar-refractivity contribution in [2.75, 3.05) is 24.3 Å². The van der Waals surface area contributed by atoms with E-state index in [1.807, 2.05) is 49.3 Å². The molecule has 0 radical (unpaired) electrons. The van der Waals surface area contributed by atoms with Crippen LogP contribution in [-0.4, -0.2) is 20.1 Å². The van der Waals surface area contributed by atoms with E-state index >= 15 is 0 Å². The van der Waals surface area contributed by atoms with Crippen LogP contribution in [0, 0.1) is 17.1 Å². The standard InChI is InChI=1S/C17H17FN4O/c1-22(2)15-6-3-12(4-7-15)11-20-17(23)21-16-8-5-14(18)9-13(16)10-19/h3-9H,11H2,1-2H3,(H2,20,21,23). The van der Waals surface area contributed by atoms with Crippen molar-refractivity contribution in [3.05, 3.63) is 59.4 Å². The van der Waals surface area contributed by atoms with Crippen molar-refractivity contribution in [3.8, 4) is 6.07 Å². The van der Waals surface area contributed by atoms with Crippen LogP contribution in [-0.2, 0) is 6.54 Å². The normalized spacial score (nSPS) is 9.83. The van der Waals surface area contributed by atoms with Crippen LogP contribution in [0.15, 0.2) is 42.5 Å². The average molecular weight is 312 g/mol. The Hall–Kier alpha value is -3.07. The van der Waals surface area contributed by atoms with Gasteiger partial charge in [-0.3, -0.25) is 0 Å². The quantitative estimate of drug-likeness (QED) is 0.911. The Bertz CT molecular complexity index is 735. The van der Waals surface area contributed by atoms with E-state index in [1.54, 1.807) is 0 Å². The summed E-state index contributed by atoms with van der Waals surface area (Å²) >= 11 is 0. The number of hydrogen-bond donors (Lipinski definition) is 2. The summed E-state index contributed by atoms with van der Waals surface area (Å²) < 4.78 is 13.0. The molecule has 0 spiro atoms. The Morgan fingerprint density at radius 2 is 1.91 bits per heavy atom. The average Bonchev–Trinajstić information content (AvgIpc) is 2.55. The number of urea groups is 1. The number of carbonyl (C=O) groups excluding carboxylic acids is 1. The molecule has 0 aliphatic heterocycles. The maximum absolute atomic E-state index is 13.0. The fourth-order valence-electron chi connectivity index (χ4n) is 1.98. The van der Waals surface area contributed by atoms with Crippen LogP contribution in [0.4, 0.5) is 20.6 Å². The monoisotopic (exact) mass is 312 g/mol. The van der Waals surface area contributed by atoms with Gasteiger partial charge in [0.05, 0.1) is 11.3 Å². The maximum atomic E-state index is 13.0. The summed E-state index contributed by atoms with van der Waals surface area (Å²) in [7, 11) is 3.91. The Balaban J connectivity index is 1.94. The smallest absolute Gasteiger partial charge is 0.319 e. The molecule has 2 N–H and O–H groups in total. The van der Waals surface area contributed by atoms with Gasteiger partial charge < -0.3 is 15.5 Å². The van der Waals surface area contributed by atoms with Gasteiger partial charge in [0.1, 0.15) is 11.9 Å². The van der Waals surface area contributed by atoms with Crippen molar-refractivity contribution in [1.82, 2.24) is 5.32 Å². The van der Waals surface area contributed by atoms with E-state index in [9.17, 15) is 9.18 Å². The van der Waals surface area contributed by atoms with Gasteiger partial charge in [-0.1, -0.05) is 12.1 Å². The fourth-order valence-corrected chi connectivity index (χ4v) is 1.98. The van der Waals surface area contributed by atoms with Crippen molar-refractivity contribution in [2.24, 2.45) is 0 Å². The van der Waals surface area contributed by atoms with E-state index < -0.39 is 11.8 Å². The molecule has 0 atom stereocenters. The first-order chi connectivity index (χ1) is 11.0. The highest BCUT2D eigenvalue weighted by atomic mass is 19.1. The SMILES string of the molecule is CN(C)c1ccc(CNC(=O)Nc2ccc(F)cc2C#N)cc1. The molecule has 6 heteroatoms. The Morgan fingerprint density at radius 1 is 1.22 bits per heavy atom. The fraction of sp³-hybridized carbons (Fsp3) is 0.176. The molecule has 118 valence electrons. The Morgan fingerprint density at radius 3 is 2.52 bits per heavy atom. The first-order valence-electron chi connectivity index (χ1n) is 7.00. The largest absolute Gasteiger partial charge is 0.378 e. The molecule has 5 nitrogen and oxygen atoms in total. The molecule has 23 heavy (non-hydrogen) atoms. The van der Waals surface area contributed by atoms with Crippen molar-refractivity contribution < 1.29 is 9.18 Å². The topological polar surface area (TPSA) is 68.2 Å².